The standard InChI is InChI=1S/C13H19NO3/c1-9(2)12(13(15)16)14-8-10-6-4-5-7-11(10)17-3/h4-7,9,12,14H,8H2,1-3H3,(H,15,16). The monoisotopic (exact) mass is 237 g/mol. The summed E-state index contributed by atoms with van der Waals surface area (Å²) < 4.78 is 5.21. The summed E-state index contributed by atoms with van der Waals surface area (Å²) in [5.74, 6) is -0.00926. The number of benzene rings is 1. The molecule has 4 heteroatoms. The third kappa shape index (κ3) is 3.75. The lowest BCUT2D eigenvalue weighted by molar-refractivity contribution is -0.140. The number of rotatable bonds is 6. The maximum absolute atomic E-state index is 11.0. The Morgan fingerprint density at radius 2 is 2.06 bits per heavy atom. The molecule has 1 aromatic rings. The first kappa shape index (κ1) is 13.5. The summed E-state index contributed by atoms with van der Waals surface area (Å²) in [5.41, 5.74) is 0.960. The van der Waals surface area contributed by atoms with Gasteiger partial charge in [-0.15, -0.1) is 0 Å². The van der Waals surface area contributed by atoms with Crippen molar-refractivity contribution in [3.05, 3.63) is 29.8 Å². The van der Waals surface area contributed by atoms with Crippen LogP contribution in [0, 0.1) is 5.92 Å². The molecule has 1 rings (SSSR count). The van der Waals surface area contributed by atoms with Gasteiger partial charge in [-0.1, -0.05) is 32.0 Å². The molecule has 2 N–H and O–H groups in total. The molecule has 0 aliphatic carbocycles. The first-order valence-corrected chi connectivity index (χ1v) is 5.64. The number of methoxy groups -OCH3 is 1. The van der Waals surface area contributed by atoms with Crippen LogP contribution in [0.15, 0.2) is 24.3 Å². The third-order valence-electron chi connectivity index (χ3n) is 2.64. The lowest BCUT2D eigenvalue weighted by Gasteiger charge is -2.18. The molecule has 0 aliphatic heterocycles. The highest BCUT2D eigenvalue weighted by atomic mass is 16.5. The maximum Gasteiger partial charge on any atom is 0.320 e. The zero-order valence-electron chi connectivity index (χ0n) is 10.4. The maximum atomic E-state index is 11.0. The number of para-hydroxylation sites is 1. The van der Waals surface area contributed by atoms with Gasteiger partial charge in [0.2, 0.25) is 0 Å². The van der Waals surface area contributed by atoms with Crippen LogP contribution in [0.2, 0.25) is 0 Å². The van der Waals surface area contributed by atoms with Gasteiger partial charge >= 0.3 is 5.97 Å². The van der Waals surface area contributed by atoms with Crippen LogP contribution in [0.5, 0.6) is 5.75 Å². The molecule has 0 saturated heterocycles. The lowest BCUT2D eigenvalue weighted by atomic mass is 10.0. The Morgan fingerprint density at radius 1 is 1.41 bits per heavy atom. The van der Waals surface area contributed by atoms with Gasteiger partial charge in [0.15, 0.2) is 0 Å². The van der Waals surface area contributed by atoms with Crippen LogP contribution in [0.4, 0.5) is 0 Å². The van der Waals surface area contributed by atoms with Crippen LogP contribution in [0.1, 0.15) is 19.4 Å². The molecule has 0 radical (unpaired) electrons. The van der Waals surface area contributed by atoms with Crippen LogP contribution < -0.4 is 10.1 Å². The van der Waals surface area contributed by atoms with Crippen molar-refractivity contribution in [2.75, 3.05) is 7.11 Å². The predicted octanol–water partition coefficient (Wildman–Crippen LogP) is 1.89. The van der Waals surface area contributed by atoms with Crippen molar-refractivity contribution in [3.8, 4) is 5.75 Å². The first-order chi connectivity index (χ1) is 8.06. The van der Waals surface area contributed by atoms with E-state index in [-0.39, 0.29) is 5.92 Å². The summed E-state index contributed by atoms with van der Waals surface area (Å²) in [4.78, 5) is 11.0. The summed E-state index contributed by atoms with van der Waals surface area (Å²) >= 11 is 0. The van der Waals surface area contributed by atoms with Gasteiger partial charge in [-0.05, 0) is 12.0 Å². The van der Waals surface area contributed by atoms with E-state index in [9.17, 15) is 4.79 Å². The fourth-order valence-electron chi connectivity index (χ4n) is 1.68. The van der Waals surface area contributed by atoms with E-state index in [1.165, 1.54) is 0 Å². The van der Waals surface area contributed by atoms with Crippen molar-refractivity contribution in [3.63, 3.8) is 0 Å². The molecular weight excluding hydrogens is 218 g/mol. The quantitative estimate of drug-likeness (QED) is 0.793. The minimum atomic E-state index is -0.824. The van der Waals surface area contributed by atoms with Crippen LogP contribution >= 0.6 is 0 Å². The summed E-state index contributed by atoms with van der Waals surface area (Å²) in [6.45, 7) is 4.25. The van der Waals surface area contributed by atoms with Gasteiger partial charge in [-0.3, -0.25) is 10.1 Å². The molecule has 0 saturated carbocycles. The van der Waals surface area contributed by atoms with Gasteiger partial charge in [0.1, 0.15) is 11.8 Å². The molecule has 0 fully saturated rings. The Kier molecular flexibility index (Phi) is 4.97. The van der Waals surface area contributed by atoms with Crippen LogP contribution in [0.25, 0.3) is 0 Å². The Labute approximate surface area is 102 Å². The zero-order chi connectivity index (χ0) is 12.8. The Bertz CT molecular complexity index is 377. The molecule has 0 aliphatic rings. The van der Waals surface area contributed by atoms with Crippen LogP contribution in [-0.2, 0) is 11.3 Å². The molecule has 1 atom stereocenters. The second-order valence-electron chi connectivity index (χ2n) is 4.25. The van der Waals surface area contributed by atoms with Gasteiger partial charge in [0, 0.05) is 12.1 Å². The highest BCUT2D eigenvalue weighted by Crippen LogP contribution is 2.17. The number of aliphatic carboxylic acids is 1. The minimum Gasteiger partial charge on any atom is -0.496 e. The normalized spacial score (nSPS) is 12.5. The number of nitrogens with one attached hydrogen (secondary N) is 1. The summed E-state index contributed by atoms with van der Waals surface area (Å²) in [6.07, 6.45) is 0. The van der Waals surface area contributed by atoms with E-state index in [1.807, 2.05) is 38.1 Å². The molecule has 0 aromatic heterocycles. The van der Waals surface area contributed by atoms with Gasteiger partial charge < -0.3 is 9.84 Å². The Morgan fingerprint density at radius 3 is 2.59 bits per heavy atom. The van der Waals surface area contributed by atoms with Gasteiger partial charge in [0.25, 0.3) is 0 Å². The van der Waals surface area contributed by atoms with Crippen molar-refractivity contribution >= 4 is 5.97 Å². The predicted molar refractivity (Wildman–Crippen MR) is 66.1 cm³/mol. The highest BCUT2D eigenvalue weighted by molar-refractivity contribution is 5.73. The molecule has 94 valence electrons. The number of carbonyl (C=O) groups is 1. The SMILES string of the molecule is COc1ccccc1CNC(C(=O)O)C(C)C. The molecular formula is C13H19NO3. The average Bonchev–Trinajstić information content (AvgIpc) is 2.29. The molecule has 4 nitrogen and oxygen atoms in total. The van der Waals surface area contributed by atoms with E-state index in [4.69, 9.17) is 9.84 Å². The molecule has 0 amide bonds. The highest BCUT2D eigenvalue weighted by Gasteiger charge is 2.20. The molecule has 0 bridgehead atoms. The Balaban J connectivity index is 2.68. The largest absolute Gasteiger partial charge is 0.496 e. The molecule has 0 spiro atoms. The number of hydrogen-bond donors (Lipinski definition) is 2. The minimum absolute atomic E-state index is 0.0437. The van der Waals surface area contributed by atoms with Crippen molar-refractivity contribution in [1.29, 1.82) is 0 Å². The van der Waals surface area contributed by atoms with E-state index in [1.54, 1.807) is 7.11 Å². The van der Waals surface area contributed by atoms with Crippen LogP contribution in [-0.4, -0.2) is 24.2 Å². The van der Waals surface area contributed by atoms with Crippen molar-refractivity contribution < 1.29 is 14.6 Å². The van der Waals surface area contributed by atoms with E-state index >= 15 is 0 Å². The van der Waals surface area contributed by atoms with E-state index in [0.717, 1.165) is 11.3 Å². The van der Waals surface area contributed by atoms with E-state index in [2.05, 4.69) is 5.32 Å². The Hall–Kier alpha value is -1.55. The lowest BCUT2D eigenvalue weighted by Crippen LogP contribution is -2.40. The average molecular weight is 237 g/mol. The molecule has 0 heterocycles. The second-order valence-corrected chi connectivity index (χ2v) is 4.25. The number of hydrogen-bond acceptors (Lipinski definition) is 3. The topological polar surface area (TPSA) is 58.6 Å². The third-order valence-corrected chi connectivity index (χ3v) is 2.64. The molecule has 1 aromatic carbocycles. The van der Waals surface area contributed by atoms with Crippen molar-refractivity contribution in [1.82, 2.24) is 5.32 Å². The van der Waals surface area contributed by atoms with E-state index < -0.39 is 12.0 Å². The summed E-state index contributed by atoms with van der Waals surface area (Å²) in [5, 5.41) is 12.1. The van der Waals surface area contributed by atoms with Crippen molar-refractivity contribution in [2.24, 2.45) is 5.92 Å². The fourth-order valence-corrected chi connectivity index (χ4v) is 1.68. The number of carboxylic acid groups (broad SMARTS) is 1. The van der Waals surface area contributed by atoms with Crippen molar-refractivity contribution in [2.45, 2.75) is 26.4 Å². The van der Waals surface area contributed by atoms with Gasteiger partial charge in [0.05, 0.1) is 7.11 Å². The first-order valence-electron chi connectivity index (χ1n) is 5.64. The number of carboxylic acids is 1. The second kappa shape index (κ2) is 6.25. The van der Waals surface area contributed by atoms with Gasteiger partial charge in [-0.2, -0.15) is 0 Å². The van der Waals surface area contributed by atoms with Crippen LogP contribution in [0.3, 0.4) is 0 Å². The summed E-state index contributed by atoms with van der Waals surface area (Å²) in [7, 11) is 1.61. The fraction of sp³-hybridized carbons (Fsp3) is 0.462. The summed E-state index contributed by atoms with van der Waals surface area (Å²) in [6, 6.07) is 7.04. The molecule has 17 heavy (non-hydrogen) atoms. The van der Waals surface area contributed by atoms with Gasteiger partial charge in [-0.25, -0.2) is 0 Å². The molecule has 1 unspecified atom stereocenters. The smallest absolute Gasteiger partial charge is 0.320 e. The van der Waals surface area contributed by atoms with E-state index in [0.29, 0.717) is 6.54 Å². The zero-order valence-corrected chi connectivity index (χ0v) is 10.4. The number of ether oxygens (including phenoxy) is 1.